The van der Waals surface area contributed by atoms with Gasteiger partial charge in [0.05, 0.1) is 11.4 Å². The summed E-state index contributed by atoms with van der Waals surface area (Å²) in [4.78, 5) is 31.2. The van der Waals surface area contributed by atoms with Gasteiger partial charge in [-0.2, -0.15) is 0 Å². The molecular weight excluding hydrogens is 685 g/mol. The predicted molar refractivity (Wildman–Crippen MR) is 207 cm³/mol. The highest BCUT2D eigenvalue weighted by molar-refractivity contribution is 5.76. The molecular formula is C40H52N10O4. The summed E-state index contributed by atoms with van der Waals surface area (Å²) in [6.45, 7) is 10.5. The van der Waals surface area contributed by atoms with E-state index in [1.807, 2.05) is 38.1 Å². The SMILES string of the molecule is CC(C)C(C(=O)O)c1cc(N2CCC(CCN3CCC(c4cnc(N5C6CCC5CN(c5cc(-c7ccccc7O)nnc5N)C6)nc4)CC3)CC2)no1. The molecule has 4 fully saturated rings. The summed E-state index contributed by atoms with van der Waals surface area (Å²) in [6, 6.07) is 11.5. The number of nitrogen functional groups attached to an aromatic ring is 1. The minimum Gasteiger partial charge on any atom is -0.507 e. The van der Waals surface area contributed by atoms with Gasteiger partial charge in [0.2, 0.25) is 5.95 Å². The van der Waals surface area contributed by atoms with Crippen molar-refractivity contribution in [2.45, 2.75) is 82.7 Å². The van der Waals surface area contributed by atoms with Crippen LogP contribution in [-0.4, -0.2) is 104 Å². The second-order valence-electron chi connectivity index (χ2n) is 16.0. The molecule has 0 saturated carbocycles. The summed E-state index contributed by atoms with van der Waals surface area (Å²) in [6.07, 6.45) is 11.9. The average molecular weight is 737 g/mol. The molecule has 1 aromatic carbocycles. The van der Waals surface area contributed by atoms with Gasteiger partial charge in [-0.3, -0.25) is 4.79 Å². The van der Waals surface area contributed by atoms with Crippen molar-refractivity contribution in [3.63, 3.8) is 0 Å². The van der Waals surface area contributed by atoms with Crippen LogP contribution in [-0.2, 0) is 4.79 Å². The first-order valence-electron chi connectivity index (χ1n) is 19.6. The summed E-state index contributed by atoms with van der Waals surface area (Å²) in [5.41, 5.74) is 9.68. The Morgan fingerprint density at radius 3 is 2.30 bits per heavy atom. The van der Waals surface area contributed by atoms with E-state index in [1.54, 1.807) is 12.1 Å². The van der Waals surface area contributed by atoms with Gasteiger partial charge in [-0.1, -0.05) is 31.1 Å². The van der Waals surface area contributed by atoms with Crippen LogP contribution in [0.25, 0.3) is 11.3 Å². The van der Waals surface area contributed by atoms with Crippen molar-refractivity contribution in [3.8, 4) is 17.0 Å². The minimum atomic E-state index is -0.871. The normalized spacial score (nSPS) is 21.9. The Kier molecular flexibility index (Phi) is 10.3. The number of benzene rings is 1. The van der Waals surface area contributed by atoms with Crippen molar-refractivity contribution >= 4 is 29.2 Å². The number of likely N-dealkylation sites (tertiary alicyclic amines) is 1. The number of piperazine rings is 1. The molecule has 8 rings (SSSR count). The number of piperidine rings is 2. The molecule has 4 aromatic rings. The van der Waals surface area contributed by atoms with Crippen LogP contribution in [0, 0.1) is 11.8 Å². The number of para-hydroxylation sites is 1. The lowest BCUT2D eigenvalue weighted by molar-refractivity contribution is -0.140. The lowest BCUT2D eigenvalue weighted by Crippen LogP contribution is -2.54. The zero-order valence-corrected chi connectivity index (χ0v) is 31.3. The second-order valence-corrected chi connectivity index (χ2v) is 16.0. The smallest absolute Gasteiger partial charge is 0.314 e. The summed E-state index contributed by atoms with van der Waals surface area (Å²) in [5.74, 6) is 2.14. The molecule has 0 spiro atoms. The van der Waals surface area contributed by atoms with Gasteiger partial charge in [0, 0.05) is 62.3 Å². The summed E-state index contributed by atoms with van der Waals surface area (Å²) < 4.78 is 5.48. The number of rotatable bonds is 11. The highest BCUT2D eigenvalue weighted by atomic mass is 16.5. The maximum absolute atomic E-state index is 11.7. The zero-order valence-electron chi connectivity index (χ0n) is 31.3. The Hall–Kier alpha value is -4.98. The summed E-state index contributed by atoms with van der Waals surface area (Å²) in [5, 5.41) is 32.7. The molecule has 14 nitrogen and oxygen atoms in total. The van der Waals surface area contributed by atoms with Gasteiger partial charge in [0.25, 0.3) is 0 Å². The van der Waals surface area contributed by atoms with E-state index in [-0.39, 0.29) is 23.8 Å². The third-order valence-corrected chi connectivity index (χ3v) is 12.3. The van der Waals surface area contributed by atoms with E-state index >= 15 is 0 Å². The molecule has 0 amide bonds. The van der Waals surface area contributed by atoms with Crippen LogP contribution in [0.3, 0.4) is 0 Å². The maximum atomic E-state index is 11.7. The monoisotopic (exact) mass is 736 g/mol. The Bertz CT molecular complexity index is 1890. The van der Waals surface area contributed by atoms with E-state index < -0.39 is 11.9 Å². The van der Waals surface area contributed by atoms with Gasteiger partial charge in [-0.25, -0.2) is 9.97 Å². The van der Waals surface area contributed by atoms with Crippen molar-refractivity contribution in [2.75, 3.05) is 66.2 Å². The molecule has 7 heterocycles. The molecule has 0 radical (unpaired) electrons. The Balaban J connectivity index is 0.798. The Labute approximate surface area is 316 Å². The van der Waals surface area contributed by atoms with Crippen LogP contribution in [0.1, 0.15) is 82.0 Å². The largest absolute Gasteiger partial charge is 0.507 e. The van der Waals surface area contributed by atoms with Crippen LogP contribution < -0.4 is 20.4 Å². The summed E-state index contributed by atoms with van der Waals surface area (Å²) >= 11 is 0. The number of hydrogen-bond acceptors (Lipinski definition) is 13. The molecule has 14 heteroatoms. The molecule has 4 saturated heterocycles. The molecule has 3 unspecified atom stereocenters. The fraction of sp³-hybridized carbons (Fsp3) is 0.550. The van der Waals surface area contributed by atoms with E-state index in [9.17, 15) is 15.0 Å². The highest BCUT2D eigenvalue weighted by Gasteiger charge is 2.42. The quantitative estimate of drug-likeness (QED) is 0.179. The number of hydrogen-bond donors (Lipinski definition) is 3. The van der Waals surface area contributed by atoms with E-state index in [4.69, 9.17) is 20.2 Å². The van der Waals surface area contributed by atoms with Crippen molar-refractivity contribution in [3.05, 3.63) is 60.1 Å². The lowest BCUT2D eigenvalue weighted by Gasteiger charge is -2.42. The van der Waals surface area contributed by atoms with E-state index in [1.165, 1.54) is 12.0 Å². The molecule has 4 aliphatic rings. The zero-order chi connectivity index (χ0) is 37.3. The van der Waals surface area contributed by atoms with Crippen molar-refractivity contribution < 1.29 is 19.5 Å². The highest BCUT2D eigenvalue weighted by Crippen LogP contribution is 2.39. The first-order valence-corrected chi connectivity index (χ1v) is 19.6. The van der Waals surface area contributed by atoms with Gasteiger partial charge >= 0.3 is 5.97 Å². The Morgan fingerprint density at radius 1 is 0.926 bits per heavy atom. The number of nitrogens with two attached hydrogens (primary N) is 1. The number of phenols is 1. The number of fused-ring (bicyclic) bond motifs is 2. The number of aromatic nitrogens is 5. The number of aliphatic carboxylic acids is 1. The number of anilines is 4. The molecule has 2 bridgehead atoms. The van der Waals surface area contributed by atoms with Crippen LogP contribution in [0.15, 0.2) is 53.3 Å². The van der Waals surface area contributed by atoms with Crippen LogP contribution in [0.2, 0.25) is 0 Å². The minimum absolute atomic E-state index is 0.0613. The molecule has 54 heavy (non-hydrogen) atoms. The number of nitrogens with zero attached hydrogens (tertiary/aromatic N) is 9. The van der Waals surface area contributed by atoms with Crippen molar-refractivity contribution in [1.29, 1.82) is 0 Å². The van der Waals surface area contributed by atoms with Gasteiger partial charge in [0.1, 0.15) is 11.7 Å². The summed E-state index contributed by atoms with van der Waals surface area (Å²) in [7, 11) is 0. The van der Waals surface area contributed by atoms with Gasteiger partial charge in [0.15, 0.2) is 17.4 Å². The van der Waals surface area contributed by atoms with Gasteiger partial charge < -0.3 is 40.1 Å². The molecule has 4 N–H and O–H groups in total. The third kappa shape index (κ3) is 7.40. The maximum Gasteiger partial charge on any atom is 0.314 e. The number of phenolic OH excluding ortho intramolecular Hbond substituents is 1. The molecule has 0 aliphatic carbocycles. The van der Waals surface area contributed by atoms with E-state index in [0.29, 0.717) is 34.7 Å². The number of aromatic hydroxyl groups is 1. The van der Waals surface area contributed by atoms with E-state index in [0.717, 1.165) is 102 Å². The van der Waals surface area contributed by atoms with Crippen molar-refractivity contribution in [2.24, 2.45) is 11.8 Å². The molecule has 3 aromatic heterocycles. The van der Waals surface area contributed by atoms with Crippen LogP contribution in [0.4, 0.5) is 23.3 Å². The third-order valence-electron chi connectivity index (χ3n) is 12.3. The number of carbonyl (C=O) groups is 1. The fourth-order valence-corrected chi connectivity index (χ4v) is 9.18. The first kappa shape index (κ1) is 36.0. The molecule has 4 aliphatic heterocycles. The molecule has 3 atom stereocenters. The number of carboxylic acid groups (broad SMARTS) is 1. The topological polar surface area (TPSA) is 174 Å². The van der Waals surface area contributed by atoms with Crippen LogP contribution >= 0.6 is 0 Å². The second kappa shape index (κ2) is 15.4. The fourth-order valence-electron chi connectivity index (χ4n) is 9.18. The van der Waals surface area contributed by atoms with Crippen molar-refractivity contribution in [1.82, 2.24) is 30.2 Å². The first-order chi connectivity index (χ1) is 26.2. The lowest BCUT2D eigenvalue weighted by atomic mass is 9.90. The van der Waals surface area contributed by atoms with Gasteiger partial charge in [-0.15, -0.1) is 10.2 Å². The average Bonchev–Trinajstić information content (AvgIpc) is 3.76. The van der Waals surface area contributed by atoms with Crippen LogP contribution in [0.5, 0.6) is 5.75 Å². The number of carboxylic acids is 1. The molecule has 286 valence electrons. The standard InChI is InChI=1S/C40H52N10O4/c1-25(2)37(39(52)53)35-20-36(46-54-35)48-17-10-26(11-18-48)9-14-47-15-12-27(13-16-47)28-21-42-40(43-22-28)50-29-7-8-30(50)24-49(23-29)33-19-32(44-45-38(33)41)31-5-3-4-6-34(31)51/h3-6,19-22,25-27,29-30,37,51H,7-18,23-24H2,1-2H3,(H2,41,45)(H,52,53). The predicted octanol–water partition coefficient (Wildman–Crippen LogP) is 5.38. The van der Waals surface area contributed by atoms with E-state index in [2.05, 4.69) is 47.3 Å². The Morgan fingerprint density at radius 2 is 1.63 bits per heavy atom. The van der Waals surface area contributed by atoms with Gasteiger partial charge in [-0.05, 0) is 106 Å².